The number of hydrogen-bond acceptors (Lipinski definition) is 5. The van der Waals surface area contributed by atoms with Gasteiger partial charge in [-0.1, -0.05) is 0 Å². The fourth-order valence-corrected chi connectivity index (χ4v) is 3.91. The monoisotopic (exact) mass is 426 g/mol. The highest BCUT2D eigenvalue weighted by atomic mass is 19.1. The summed E-state index contributed by atoms with van der Waals surface area (Å²) >= 11 is 0. The van der Waals surface area contributed by atoms with Crippen molar-refractivity contribution in [1.29, 1.82) is 0 Å². The lowest BCUT2D eigenvalue weighted by molar-refractivity contribution is 0.0642. The van der Waals surface area contributed by atoms with E-state index in [0.717, 1.165) is 5.69 Å². The zero-order valence-electron chi connectivity index (χ0n) is 17.2. The number of amides is 1. The second kappa shape index (κ2) is 6.73. The Labute approximate surface area is 175 Å². The Morgan fingerprint density at radius 2 is 2.19 bits per heavy atom. The fraction of sp³-hybridized carbons (Fsp3) is 0.333. The Morgan fingerprint density at radius 3 is 2.90 bits per heavy atom. The topological polar surface area (TPSA) is 92.3 Å². The maximum atomic E-state index is 14.3. The van der Waals surface area contributed by atoms with Crippen LogP contribution in [0.15, 0.2) is 35.1 Å². The van der Waals surface area contributed by atoms with Gasteiger partial charge < -0.3 is 14.3 Å². The highest BCUT2D eigenvalue weighted by Gasteiger charge is 2.39. The molecule has 160 valence electrons. The van der Waals surface area contributed by atoms with E-state index in [0.29, 0.717) is 35.6 Å². The van der Waals surface area contributed by atoms with E-state index < -0.39 is 23.4 Å². The number of H-pyrrole nitrogens is 1. The molecule has 0 spiro atoms. The van der Waals surface area contributed by atoms with E-state index in [1.807, 2.05) is 0 Å². The van der Waals surface area contributed by atoms with Crippen molar-refractivity contribution in [3.05, 3.63) is 71.0 Å². The lowest BCUT2D eigenvalue weighted by atomic mass is 9.99. The lowest BCUT2D eigenvalue weighted by Gasteiger charge is -2.33. The number of nitrogens with one attached hydrogen (secondary N) is 1. The molecule has 8 nitrogen and oxygen atoms in total. The quantitative estimate of drug-likeness (QED) is 0.541. The van der Waals surface area contributed by atoms with Gasteiger partial charge >= 0.3 is 0 Å². The van der Waals surface area contributed by atoms with Crippen LogP contribution < -0.4 is 0 Å². The van der Waals surface area contributed by atoms with Gasteiger partial charge in [-0.3, -0.25) is 4.79 Å². The second-order valence-corrected chi connectivity index (χ2v) is 8.08. The number of oxazole rings is 1. The molecule has 1 N–H and O–H groups in total. The highest BCUT2D eigenvalue weighted by molar-refractivity contribution is 5.93. The third-order valence-electron chi connectivity index (χ3n) is 5.43. The molecule has 0 saturated heterocycles. The zero-order valence-corrected chi connectivity index (χ0v) is 17.2. The van der Waals surface area contributed by atoms with E-state index >= 15 is 0 Å². The number of aromatic nitrogens is 5. The molecule has 0 aromatic carbocycles. The summed E-state index contributed by atoms with van der Waals surface area (Å²) < 4.78 is 35.6. The third-order valence-corrected chi connectivity index (χ3v) is 5.43. The van der Waals surface area contributed by atoms with Crippen LogP contribution in [0.4, 0.5) is 8.78 Å². The van der Waals surface area contributed by atoms with Gasteiger partial charge in [0.25, 0.3) is 5.91 Å². The smallest absolute Gasteiger partial charge is 0.292 e. The van der Waals surface area contributed by atoms with Crippen LogP contribution >= 0.6 is 0 Å². The van der Waals surface area contributed by atoms with Crippen molar-refractivity contribution in [3.8, 4) is 0 Å². The number of fused-ring (bicyclic) bond motifs is 2. The van der Waals surface area contributed by atoms with Gasteiger partial charge in [-0.05, 0) is 39.0 Å². The van der Waals surface area contributed by atoms with Crippen LogP contribution in [0, 0.1) is 12.7 Å². The molecule has 4 aromatic heterocycles. The van der Waals surface area contributed by atoms with Gasteiger partial charge in [0.1, 0.15) is 17.4 Å². The van der Waals surface area contributed by atoms with Gasteiger partial charge in [0.15, 0.2) is 5.67 Å². The number of hydrogen-bond donors (Lipinski definition) is 1. The predicted octanol–water partition coefficient (Wildman–Crippen LogP) is 3.49. The van der Waals surface area contributed by atoms with Crippen molar-refractivity contribution in [3.63, 3.8) is 0 Å². The van der Waals surface area contributed by atoms with E-state index in [1.54, 1.807) is 36.5 Å². The number of alkyl halides is 1. The molecule has 1 amide bonds. The molecule has 0 radical (unpaired) electrons. The van der Waals surface area contributed by atoms with Gasteiger partial charge in [0.05, 0.1) is 23.4 Å². The molecule has 10 heteroatoms. The minimum atomic E-state index is -1.82. The maximum Gasteiger partial charge on any atom is 0.292 e. The fourth-order valence-electron chi connectivity index (χ4n) is 3.91. The number of aromatic amines is 1. The number of pyridine rings is 1. The standard InChI is InChI=1S/C21H20F2N6O2/c1-11-18(31-20(26-11)21(2,3)23)19(30)28-8-6-13-16(25-10-24-13)17(28)14-9-15-12(22)5-4-7-29(15)27-14/h4-5,7,9-10,17H,6,8H2,1-3H3,(H,24,25)/t17-/m1/s1. The number of carbonyl (C=O) groups excluding carboxylic acids is 1. The van der Waals surface area contributed by atoms with Crippen molar-refractivity contribution < 1.29 is 18.0 Å². The average Bonchev–Trinajstić information content (AvgIpc) is 3.44. The number of imidazole rings is 1. The second-order valence-electron chi connectivity index (χ2n) is 8.08. The Balaban J connectivity index is 1.61. The molecule has 5 rings (SSSR count). The summed E-state index contributed by atoms with van der Waals surface area (Å²) in [6.45, 7) is 4.59. The van der Waals surface area contributed by atoms with Crippen molar-refractivity contribution in [2.24, 2.45) is 0 Å². The van der Waals surface area contributed by atoms with Crippen molar-refractivity contribution >= 4 is 11.4 Å². The van der Waals surface area contributed by atoms with Crippen molar-refractivity contribution in [1.82, 2.24) is 29.5 Å². The van der Waals surface area contributed by atoms with Crippen LogP contribution in [0.5, 0.6) is 0 Å². The molecule has 1 aliphatic heterocycles. The summed E-state index contributed by atoms with van der Waals surface area (Å²) in [6.07, 6.45) is 3.75. The van der Waals surface area contributed by atoms with Crippen molar-refractivity contribution in [2.45, 2.75) is 38.9 Å². The number of halogens is 2. The largest absolute Gasteiger partial charge is 0.432 e. The summed E-state index contributed by atoms with van der Waals surface area (Å²) in [7, 11) is 0. The summed E-state index contributed by atoms with van der Waals surface area (Å²) in [5.41, 5.74) is 0.759. The van der Waals surface area contributed by atoms with Crippen LogP contribution in [-0.2, 0) is 12.1 Å². The number of carbonyl (C=O) groups is 1. The number of aryl methyl sites for hydroxylation is 1. The van der Waals surface area contributed by atoms with E-state index in [4.69, 9.17) is 4.42 Å². The van der Waals surface area contributed by atoms with Crippen LogP contribution in [0.1, 0.15) is 59.1 Å². The molecule has 1 aliphatic rings. The molecule has 0 aliphatic carbocycles. The first kappa shape index (κ1) is 19.4. The maximum absolute atomic E-state index is 14.3. The molecule has 0 saturated carbocycles. The van der Waals surface area contributed by atoms with E-state index in [-0.39, 0.29) is 11.7 Å². The van der Waals surface area contributed by atoms with Crippen LogP contribution in [0.25, 0.3) is 5.52 Å². The Morgan fingerprint density at radius 1 is 1.39 bits per heavy atom. The Hall–Kier alpha value is -3.56. The molecule has 5 heterocycles. The zero-order chi connectivity index (χ0) is 21.9. The first-order valence-corrected chi connectivity index (χ1v) is 9.88. The summed E-state index contributed by atoms with van der Waals surface area (Å²) in [6, 6.07) is 3.85. The highest BCUT2D eigenvalue weighted by Crippen LogP contribution is 2.35. The van der Waals surface area contributed by atoms with Gasteiger partial charge in [0.2, 0.25) is 11.7 Å². The van der Waals surface area contributed by atoms with Gasteiger partial charge in [-0.2, -0.15) is 5.10 Å². The summed E-state index contributed by atoms with van der Waals surface area (Å²) in [5, 5.41) is 4.49. The predicted molar refractivity (Wildman–Crippen MR) is 106 cm³/mol. The molecule has 31 heavy (non-hydrogen) atoms. The van der Waals surface area contributed by atoms with Crippen molar-refractivity contribution in [2.75, 3.05) is 6.54 Å². The van der Waals surface area contributed by atoms with Crippen LogP contribution in [0.2, 0.25) is 0 Å². The summed E-state index contributed by atoms with van der Waals surface area (Å²) in [4.78, 5) is 26.6. The molecular formula is C21H20F2N6O2. The Bertz CT molecular complexity index is 1300. The third kappa shape index (κ3) is 3.09. The van der Waals surface area contributed by atoms with Crippen LogP contribution in [0.3, 0.4) is 0 Å². The van der Waals surface area contributed by atoms with Crippen LogP contribution in [-0.4, -0.2) is 41.9 Å². The minimum absolute atomic E-state index is 0.0281. The van der Waals surface area contributed by atoms with E-state index in [2.05, 4.69) is 20.1 Å². The Kier molecular flexibility index (Phi) is 4.21. The first-order valence-electron chi connectivity index (χ1n) is 9.88. The molecule has 0 bridgehead atoms. The molecule has 0 unspecified atom stereocenters. The number of rotatable bonds is 3. The molecule has 1 atom stereocenters. The van der Waals surface area contributed by atoms with Gasteiger partial charge in [-0.15, -0.1) is 0 Å². The minimum Gasteiger partial charge on any atom is -0.432 e. The lowest BCUT2D eigenvalue weighted by Crippen LogP contribution is -2.41. The van der Waals surface area contributed by atoms with E-state index in [1.165, 1.54) is 24.4 Å². The van der Waals surface area contributed by atoms with Gasteiger partial charge in [0, 0.05) is 24.9 Å². The molecule has 4 aromatic rings. The first-order chi connectivity index (χ1) is 14.7. The average molecular weight is 426 g/mol. The van der Waals surface area contributed by atoms with Gasteiger partial charge in [-0.25, -0.2) is 23.3 Å². The normalized spacial score (nSPS) is 16.7. The molecular weight excluding hydrogens is 406 g/mol. The number of nitrogens with zero attached hydrogens (tertiary/aromatic N) is 5. The SMILES string of the molecule is Cc1nc(C(C)(C)F)oc1C(=O)N1CCc2[nH]cnc2[C@H]1c1cc2c(F)cccn2n1. The van der Waals surface area contributed by atoms with E-state index in [9.17, 15) is 13.6 Å². The summed E-state index contributed by atoms with van der Waals surface area (Å²) in [5.74, 6) is -1.05. The molecule has 0 fully saturated rings.